The van der Waals surface area contributed by atoms with Gasteiger partial charge in [0.15, 0.2) is 0 Å². The number of benzene rings is 3. The van der Waals surface area contributed by atoms with Crippen molar-refractivity contribution in [2.75, 3.05) is 44.2 Å². The van der Waals surface area contributed by atoms with Crippen molar-refractivity contribution in [2.24, 2.45) is 0 Å². The zero-order valence-electron chi connectivity index (χ0n) is 23.4. The molecule has 3 aromatic carbocycles. The Hall–Kier alpha value is -3.32. The van der Waals surface area contributed by atoms with E-state index >= 15 is 0 Å². The summed E-state index contributed by atoms with van der Waals surface area (Å²) in [5, 5.41) is 0. The predicted octanol–water partition coefficient (Wildman–Crippen LogP) is 7.58. The van der Waals surface area contributed by atoms with Gasteiger partial charge in [-0.15, -0.1) is 0 Å². The smallest absolute Gasteiger partial charge is 0.417 e. The first-order chi connectivity index (χ1) is 19.3. The average molecular weight is 553 g/mol. The van der Waals surface area contributed by atoms with Crippen molar-refractivity contribution in [2.45, 2.75) is 51.1 Å². The van der Waals surface area contributed by atoms with Gasteiger partial charge in [-0.05, 0) is 67.1 Å². The quantitative estimate of drug-likeness (QED) is 0.230. The van der Waals surface area contributed by atoms with Crippen LogP contribution in [0.15, 0.2) is 78.9 Å². The molecule has 0 spiro atoms. The van der Waals surface area contributed by atoms with E-state index in [4.69, 9.17) is 4.74 Å². The second kappa shape index (κ2) is 13.4. The Morgan fingerprint density at radius 2 is 1.50 bits per heavy atom. The Bertz CT molecular complexity index is 1220. The summed E-state index contributed by atoms with van der Waals surface area (Å²) in [6, 6.07) is 23.1. The summed E-state index contributed by atoms with van der Waals surface area (Å²) < 4.78 is 46.0. The number of halogens is 3. The first-order valence-corrected chi connectivity index (χ1v) is 14.2. The van der Waals surface area contributed by atoms with Crippen LogP contribution in [-0.2, 0) is 21.1 Å². The molecule has 1 aliphatic heterocycles. The molecule has 4 nitrogen and oxygen atoms in total. The Kier molecular flexibility index (Phi) is 9.90. The maximum Gasteiger partial charge on any atom is 0.417 e. The molecule has 7 heteroatoms. The van der Waals surface area contributed by atoms with E-state index in [1.54, 1.807) is 18.2 Å². The Morgan fingerprint density at radius 3 is 2.12 bits per heavy atom. The monoisotopic (exact) mass is 552 g/mol. The van der Waals surface area contributed by atoms with Gasteiger partial charge in [0.1, 0.15) is 0 Å². The fraction of sp³-hybridized carbons (Fsp3) is 0.424. The van der Waals surface area contributed by atoms with Crippen molar-refractivity contribution in [1.82, 2.24) is 4.90 Å². The summed E-state index contributed by atoms with van der Waals surface area (Å²) in [6.45, 7) is 8.87. The van der Waals surface area contributed by atoms with Crippen molar-refractivity contribution in [1.29, 1.82) is 0 Å². The first-order valence-electron chi connectivity index (χ1n) is 14.2. The first kappa shape index (κ1) is 29.7. The molecule has 214 valence electrons. The van der Waals surface area contributed by atoms with Crippen molar-refractivity contribution in [3.63, 3.8) is 0 Å². The van der Waals surface area contributed by atoms with Crippen molar-refractivity contribution >= 4 is 11.7 Å². The molecular formula is C33H39F3N2O2. The number of carbonyl (C=O) groups is 1. The zero-order valence-corrected chi connectivity index (χ0v) is 23.4. The van der Waals surface area contributed by atoms with Crippen LogP contribution in [0, 0.1) is 0 Å². The third-order valence-corrected chi connectivity index (χ3v) is 7.98. The van der Waals surface area contributed by atoms with Crippen LogP contribution in [0.2, 0.25) is 0 Å². The van der Waals surface area contributed by atoms with Crippen molar-refractivity contribution in [3.05, 3.63) is 90.0 Å². The number of hydrogen-bond acceptors (Lipinski definition) is 4. The number of carbonyl (C=O) groups excluding carboxylic acids is 1. The van der Waals surface area contributed by atoms with Gasteiger partial charge in [-0.1, -0.05) is 74.5 Å². The Balaban J connectivity index is 1.34. The molecule has 0 aromatic heterocycles. The summed E-state index contributed by atoms with van der Waals surface area (Å²) in [5.74, 6) is -0.130. The van der Waals surface area contributed by atoms with Crippen LogP contribution in [0.4, 0.5) is 18.9 Å². The van der Waals surface area contributed by atoms with E-state index in [0.29, 0.717) is 18.6 Å². The molecule has 1 aliphatic rings. The van der Waals surface area contributed by atoms with Crippen molar-refractivity contribution < 1.29 is 22.7 Å². The molecule has 1 unspecified atom stereocenters. The van der Waals surface area contributed by atoms with E-state index in [1.165, 1.54) is 12.1 Å². The highest BCUT2D eigenvalue weighted by Crippen LogP contribution is 2.38. The molecule has 1 fully saturated rings. The van der Waals surface area contributed by atoms with E-state index in [-0.39, 0.29) is 11.5 Å². The maximum atomic E-state index is 13.5. The molecule has 0 radical (unpaired) electrons. The second-order valence-corrected chi connectivity index (χ2v) is 10.5. The van der Waals surface area contributed by atoms with Crippen LogP contribution < -0.4 is 4.90 Å². The van der Waals surface area contributed by atoms with E-state index in [2.05, 4.69) is 16.7 Å². The lowest BCUT2D eigenvalue weighted by atomic mass is 9.74. The molecule has 0 amide bonds. The molecular weight excluding hydrogens is 513 g/mol. The number of alkyl halides is 3. The van der Waals surface area contributed by atoms with Crippen molar-refractivity contribution in [3.8, 4) is 11.1 Å². The SMILES string of the molecule is CCCOC(=O)C(CC)(CCCN1CCN(c2ccc(-c3ccccc3C(F)(F)F)cc2)CC1)c1ccccc1. The summed E-state index contributed by atoms with van der Waals surface area (Å²) in [6.07, 6.45) is -1.28. The molecule has 0 N–H and O–H groups in total. The van der Waals surface area contributed by atoms with E-state index < -0.39 is 17.2 Å². The average Bonchev–Trinajstić information content (AvgIpc) is 2.99. The number of nitrogens with zero attached hydrogens (tertiary/aromatic N) is 2. The lowest BCUT2D eigenvalue weighted by Crippen LogP contribution is -2.47. The van der Waals surface area contributed by atoms with Crippen LogP contribution in [-0.4, -0.2) is 50.2 Å². The van der Waals surface area contributed by atoms with Crippen LogP contribution in [0.1, 0.15) is 50.7 Å². The van der Waals surface area contributed by atoms with Gasteiger partial charge in [-0.25, -0.2) is 0 Å². The third kappa shape index (κ3) is 6.87. The van der Waals surface area contributed by atoms with Crippen LogP contribution in [0.5, 0.6) is 0 Å². The topological polar surface area (TPSA) is 32.8 Å². The molecule has 1 atom stereocenters. The van der Waals surface area contributed by atoms with Gasteiger partial charge in [0.2, 0.25) is 0 Å². The summed E-state index contributed by atoms with van der Waals surface area (Å²) in [5.41, 5.74) is 1.54. The molecule has 1 heterocycles. The molecule has 3 aromatic rings. The lowest BCUT2D eigenvalue weighted by molar-refractivity contribution is -0.151. The molecule has 0 bridgehead atoms. The van der Waals surface area contributed by atoms with Crippen LogP contribution >= 0.6 is 0 Å². The van der Waals surface area contributed by atoms with Gasteiger partial charge in [0, 0.05) is 31.9 Å². The lowest BCUT2D eigenvalue weighted by Gasteiger charge is -2.37. The standard InChI is InChI=1S/C33H39F3N2O2/c1-3-25-40-31(39)32(4-2,27-11-6-5-7-12-27)19-10-20-37-21-23-38(24-22-37)28-17-15-26(16-18-28)29-13-8-9-14-30(29)33(34,35)36/h5-9,11-18H,3-4,10,19-25H2,1-2H3. The third-order valence-electron chi connectivity index (χ3n) is 7.98. The number of ether oxygens (including phenoxy) is 1. The molecule has 1 saturated heterocycles. The molecule has 0 saturated carbocycles. The van der Waals surface area contributed by atoms with E-state index in [1.807, 2.05) is 49.4 Å². The number of anilines is 1. The van der Waals surface area contributed by atoms with E-state index in [0.717, 1.165) is 69.3 Å². The van der Waals surface area contributed by atoms with E-state index in [9.17, 15) is 18.0 Å². The predicted molar refractivity (Wildman–Crippen MR) is 154 cm³/mol. The summed E-state index contributed by atoms with van der Waals surface area (Å²) in [7, 11) is 0. The highest BCUT2D eigenvalue weighted by atomic mass is 19.4. The largest absolute Gasteiger partial charge is 0.465 e. The van der Waals surface area contributed by atoms with Gasteiger partial charge >= 0.3 is 12.1 Å². The molecule has 40 heavy (non-hydrogen) atoms. The van der Waals surface area contributed by atoms with Crippen LogP contribution in [0.25, 0.3) is 11.1 Å². The van der Waals surface area contributed by atoms with Gasteiger partial charge in [0.25, 0.3) is 0 Å². The molecule has 0 aliphatic carbocycles. The minimum atomic E-state index is -4.39. The highest BCUT2D eigenvalue weighted by molar-refractivity contribution is 5.83. The highest BCUT2D eigenvalue weighted by Gasteiger charge is 2.39. The van der Waals surface area contributed by atoms with Crippen LogP contribution in [0.3, 0.4) is 0 Å². The number of rotatable bonds is 11. The minimum Gasteiger partial charge on any atom is -0.465 e. The van der Waals surface area contributed by atoms with Gasteiger partial charge in [-0.3, -0.25) is 9.69 Å². The minimum absolute atomic E-state index is 0.130. The fourth-order valence-electron chi connectivity index (χ4n) is 5.65. The zero-order chi connectivity index (χ0) is 28.6. The van der Waals surface area contributed by atoms with Gasteiger partial charge in [0.05, 0.1) is 17.6 Å². The summed E-state index contributed by atoms with van der Waals surface area (Å²) in [4.78, 5) is 17.9. The maximum absolute atomic E-state index is 13.5. The number of piperazine rings is 1. The van der Waals surface area contributed by atoms with Gasteiger partial charge < -0.3 is 9.64 Å². The Labute approximate surface area is 235 Å². The number of esters is 1. The summed E-state index contributed by atoms with van der Waals surface area (Å²) >= 11 is 0. The normalized spacial score (nSPS) is 16.0. The fourth-order valence-corrected chi connectivity index (χ4v) is 5.65. The second-order valence-electron chi connectivity index (χ2n) is 10.5. The Morgan fingerprint density at radius 1 is 0.850 bits per heavy atom. The van der Waals surface area contributed by atoms with Gasteiger partial charge in [-0.2, -0.15) is 13.2 Å². The number of hydrogen-bond donors (Lipinski definition) is 0. The molecule has 4 rings (SSSR count).